The van der Waals surface area contributed by atoms with Gasteiger partial charge in [-0.3, -0.25) is 4.79 Å². The highest BCUT2D eigenvalue weighted by Crippen LogP contribution is 2.23. The smallest absolute Gasteiger partial charge is 0.308 e. The van der Waals surface area contributed by atoms with E-state index < -0.39 is 0 Å². The van der Waals surface area contributed by atoms with Gasteiger partial charge in [-0.2, -0.15) is 0 Å². The van der Waals surface area contributed by atoms with E-state index in [-0.39, 0.29) is 11.9 Å². The SMILES string of the molecule is CCCCCC=CCC=CCCCCCCCCCC(CCCCCCCCCOC(=O)C(CC)CCCC)CCN(C)C. The molecule has 0 bridgehead atoms. The first kappa shape index (κ1) is 42.9. The Hall–Kier alpha value is -1.09. The van der Waals surface area contributed by atoms with Gasteiger partial charge in [0.05, 0.1) is 12.5 Å². The van der Waals surface area contributed by atoms with Gasteiger partial charge in [-0.05, 0) is 84.3 Å². The number of hydrogen-bond donors (Lipinski definition) is 0. The summed E-state index contributed by atoms with van der Waals surface area (Å²) < 4.78 is 5.55. The van der Waals surface area contributed by atoms with Crippen molar-refractivity contribution in [1.29, 1.82) is 0 Å². The van der Waals surface area contributed by atoms with E-state index in [2.05, 4.69) is 64.1 Å². The Bertz CT molecular complexity index is 641. The molecule has 0 saturated heterocycles. The zero-order valence-corrected chi connectivity index (χ0v) is 30.7. The van der Waals surface area contributed by atoms with Crippen molar-refractivity contribution < 1.29 is 9.53 Å². The molecule has 0 aromatic rings. The van der Waals surface area contributed by atoms with Gasteiger partial charge in [0.15, 0.2) is 0 Å². The summed E-state index contributed by atoms with van der Waals surface area (Å²) in [6, 6.07) is 0. The Labute approximate surface area is 277 Å². The fourth-order valence-corrected chi connectivity index (χ4v) is 6.12. The lowest BCUT2D eigenvalue weighted by Crippen LogP contribution is -2.17. The fraction of sp³-hybridized carbons (Fsp3) is 0.878. The lowest BCUT2D eigenvalue weighted by atomic mass is 9.91. The van der Waals surface area contributed by atoms with Crippen LogP contribution in [0.1, 0.15) is 194 Å². The molecule has 2 unspecified atom stereocenters. The van der Waals surface area contributed by atoms with Crippen LogP contribution in [0, 0.1) is 11.8 Å². The first-order valence-corrected chi connectivity index (χ1v) is 19.7. The van der Waals surface area contributed by atoms with Crippen molar-refractivity contribution in [3.05, 3.63) is 24.3 Å². The molecule has 44 heavy (non-hydrogen) atoms. The second-order valence-corrected chi connectivity index (χ2v) is 13.9. The van der Waals surface area contributed by atoms with Gasteiger partial charge in [-0.15, -0.1) is 0 Å². The summed E-state index contributed by atoms with van der Waals surface area (Å²) in [6.45, 7) is 8.40. The Morgan fingerprint density at radius 1 is 0.568 bits per heavy atom. The quantitative estimate of drug-likeness (QED) is 0.0409. The molecule has 0 saturated carbocycles. The van der Waals surface area contributed by atoms with Crippen molar-refractivity contribution in [2.75, 3.05) is 27.2 Å². The summed E-state index contributed by atoms with van der Waals surface area (Å²) in [5, 5.41) is 0. The first-order chi connectivity index (χ1) is 21.5. The number of carbonyl (C=O) groups is 1. The average molecular weight is 618 g/mol. The van der Waals surface area contributed by atoms with E-state index in [4.69, 9.17) is 4.74 Å². The molecule has 3 nitrogen and oxygen atoms in total. The molecule has 0 fully saturated rings. The molecular weight excluding hydrogens is 538 g/mol. The molecule has 260 valence electrons. The van der Waals surface area contributed by atoms with Gasteiger partial charge in [-0.25, -0.2) is 0 Å². The average Bonchev–Trinajstić information content (AvgIpc) is 3.02. The number of rotatable bonds is 34. The largest absolute Gasteiger partial charge is 0.465 e. The molecule has 0 amide bonds. The third-order valence-corrected chi connectivity index (χ3v) is 9.28. The summed E-state index contributed by atoms with van der Waals surface area (Å²) in [5.74, 6) is 1.06. The number of esters is 1. The van der Waals surface area contributed by atoms with E-state index in [0.717, 1.165) is 44.4 Å². The van der Waals surface area contributed by atoms with Gasteiger partial charge in [-0.1, -0.05) is 161 Å². The van der Waals surface area contributed by atoms with Crippen molar-refractivity contribution >= 4 is 5.97 Å². The van der Waals surface area contributed by atoms with E-state index >= 15 is 0 Å². The minimum absolute atomic E-state index is 0.0378. The molecule has 0 radical (unpaired) electrons. The van der Waals surface area contributed by atoms with Crippen LogP contribution in [0.25, 0.3) is 0 Å². The third-order valence-electron chi connectivity index (χ3n) is 9.28. The minimum atomic E-state index is 0.0378. The van der Waals surface area contributed by atoms with Gasteiger partial charge in [0.1, 0.15) is 0 Å². The third kappa shape index (κ3) is 30.9. The molecule has 0 aromatic carbocycles. The molecule has 0 aromatic heterocycles. The molecule has 3 heteroatoms. The van der Waals surface area contributed by atoms with Gasteiger partial charge in [0.2, 0.25) is 0 Å². The second-order valence-electron chi connectivity index (χ2n) is 13.9. The standard InChI is InChI=1S/C41H79NO2/c1-6-9-11-12-13-14-15-16-17-18-19-20-21-22-24-27-30-33-39(36-37-42(4)5)34-31-28-25-23-26-29-32-38-44-41(43)40(8-3)35-10-7-2/h13-14,16-17,39-40H,6-12,15,18-38H2,1-5H3. The van der Waals surface area contributed by atoms with E-state index in [0.29, 0.717) is 6.61 Å². The number of ether oxygens (including phenoxy) is 1. The van der Waals surface area contributed by atoms with Crippen LogP contribution in [0.15, 0.2) is 24.3 Å². The molecule has 0 aliphatic carbocycles. The zero-order chi connectivity index (χ0) is 32.4. The predicted molar refractivity (Wildman–Crippen MR) is 196 cm³/mol. The van der Waals surface area contributed by atoms with Crippen LogP contribution >= 0.6 is 0 Å². The van der Waals surface area contributed by atoms with Crippen LogP contribution in [-0.2, 0) is 9.53 Å². The van der Waals surface area contributed by atoms with E-state index in [1.165, 1.54) is 141 Å². The van der Waals surface area contributed by atoms with Crippen molar-refractivity contribution in [3.63, 3.8) is 0 Å². The second kappa shape index (κ2) is 34.8. The maximum Gasteiger partial charge on any atom is 0.308 e. The normalized spacial score (nSPS) is 13.4. The van der Waals surface area contributed by atoms with Crippen LogP contribution < -0.4 is 0 Å². The Morgan fingerprint density at radius 2 is 1.07 bits per heavy atom. The highest BCUT2D eigenvalue weighted by molar-refractivity contribution is 5.72. The summed E-state index contributed by atoms with van der Waals surface area (Å²) in [6.07, 6.45) is 44.3. The van der Waals surface area contributed by atoms with E-state index in [1.807, 2.05) is 0 Å². The van der Waals surface area contributed by atoms with Crippen molar-refractivity contribution in [2.45, 2.75) is 194 Å². The monoisotopic (exact) mass is 618 g/mol. The molecule has 0 spiro atoms. The Kier molecular flexibility index (Phi) is 33.9. The maximum atomic E-state index is 12.2. The van der Waals surface area contributed by atoms with Crippen molar-refractivity contribution in [3.8, 4) is 0 Å². The molecule has 0 aliphatic heterocycles. The summed E-state index contributed by atoms with van der Waals surface area (Å²) >= 11 is 0. The van der Waals surface area contributed by atoms with E-state index in [1.54, 1.807) is 0 Å². The molecule has 0 N–H and O–H groups in total. The van der Waals surface area contributed by atoms with Crippen molar-refractivity contribution in [1.82, 2.24) is 4.90 Å². The summed E-state index contributed by atoms with van der Waals surface area (Å²) in [4.78, 5) is 14.6. The van der Waals surface area contributed by atoms with Crippen molar-refractivity contribution in [2.24, 2.45) is 11.8 Å². The maximum absolute atomic E-state index is 12.2. The summed E-state index contributed by atoms with van der Waals surface area (Å²) in [7, 11) is 4.43. The Morgan fingerprint density at radius 3 is 1.59 bits per heavy atom. The van der Waals surface area contributed by atoms with Gasteiger partial charge >= 0.3 is 5.97 Å². The lowest BCUT2D eigenvalue weighted by molar-refractivity contribution is -0.149. The molecule has 0 heterocycles. The highest BCUT2D eigenvalue weighted by atomic mass is 16.5. The van der Waals surface area contributed by atoms with Crippen LogP contribution in [0.5, 0.6) is 0 Å². The summed E-state index contributed by atoms with van der Waals surface area (Å²) in [5.41, 5.74) is 0. The number of carbonyl (C=O) groups excluding carboxylic acids is 1. The number of hydrogen-bond acceptors (Lipinski definition) is 3. The number of unbranched alkanes of at least 4 members (excludes halogenated alkanes) is 17. The Balaban J connectivity index is 3.76. The minimum Gasteiger partial charge on any atom is -0.465 e. The molecule has 2 atom stereocenters. The number of allylic oxidation sites excluding steroid dienone is 4. The lowest BCUT2D eigenvalue weighted by Gasteiger charge is -2.19. The highest BCUT2D eigenvalue weighted by Gasteiger charge is 2.16. The van der Waals surface area contributed by atoms with Crippen LogP contribution in [0.4, 0.5) is 0 Å². The van der Waals surface area contributed by atoms with Crippen LogP contribution in [0.2, 0.25) is 0 Å². The molecule has 0 aliphatic rings. The van der Waals surface area contributed by atoms with Gasteiger partial charge in [0.25, 0.3) is 0 Å². The fourth-order valence-electron chi connectivity index (χ4n) is 6.12. The topological polar surface area (TPSA) is 29.5 Å². The van der Waals surface area contributed by atoms with E-state index in [9.17, 15) is 4.79 Å². The van der Waals surface area contributed by atoms with Gasteiger partial charge in [0, 0.05) is 0 Å². The predicted octanol–water partition coefficient (Wildman–Crippen LogP) is 13.0. The number of nitrogens with zero attached hydrogens (tertiary/aromatic N) is 1. The first-order valence-electron chi connectivity index (χ1n) is 19.7. The molecule has 0 rings (SSSR count). The van der Waals surface area contributed by atoms with Crippen LogP contribution in [0.3, 0.4) is 0 Å². The molecular formula is C41H79NO2. The van der Waals surface area contributed by atoms with Gasteiger partial charge < -0.3 is 9.64 Å². The van der Waals surface area contributed by atoms with Crippen LogP contribution in [-0.4, -0.2) is 38.1 Å². The zero-order valence-electron chi connectivity index (χ0n) is 30.7.